The van der Waals surface area contributed by atoms with Crippen LogP contribution >= 0.6 is 11.3 Å². The summed E-state index contributed by atoms with van der Waals surface area (Å²) in [6.07, 6.45) is 0. The molecule has 4 N–H and O–H groups in total. The van der Waals surface area contributed by atoms with Gasteiger partial charge in [-0.1, -0.05) is 12.1 Å². The predicted molar refractivity (Wildman–Crippen MR) is 103 cm³/mol. The van der Waals surface area contributed by atoms with E-state index in [-0.39, 0.29) is 11.9 Å². The lowest BCUT2D eigenvalue weighted by atomic mass is 10.2. The summed E-state index contributed by atoms with van der Waals surface area (Å²) >= 11 is 1.66. The lowest BCUT2D eigenvalue weighted by Gasteiger charge is -2.19. The molecule has 0 aliphatic heterocycles. The number of rotatable bonds is 6. The van der Waals surface area contributed by atoms with Crippen molar-refractivity contribution in [1.29, 1.82) is 0 Å². The standard InChI is InChI=1S/C19H20N4O2S/c1-12(19-22-15-5-3-4-6-16(15)26-19)23(2)11-17(24)21-14-9-7-13(8-10-14)18(20)25/h3-10,12H,11H2,1-2H3,(H2,20,25)(H,21,24)/p+1/t12-/m0/s1. The molecule has 0 spiro atoms. The normalized spacial score (nSPS) is 13.3. The van der Waals surface area contributed by atoms with Crippen molar-refractivity contribution in [3.05, 3.63) is 59.1 Å². The zero-order chi connectivity index (χ0) is 18.7. The summed E-state index contributed by atoms with van der Waals surface area (Å²) in [4.78, 5) is 29.1. The van der Waals surface area contributed by atoms with Crippen molar-refractivity contribution < 1.29 is 14.5 Å². The quantitative estimate of drug-likeness (QED) is 0.617. The van der Waals surface area contributed by atoms with Gasteiger partial charge < -0.3 is 16.0 Å². The fourth-order valence-corrected chi connectivity index (χ4v) is 3.73. The van der Waals surface area contributed by atoms with Gasteiger partial charge in [0.2, 0.25) is 5.91 Å². The number of amides is 2. The van der Waals surface area contributed by atoms with Crippen LogP contribution in [0.5, 0.6) is 0 Å². The molecular formula is C19H21N4O2S+. The van der Waals surface area contributed by atoms with E-state index in [2.05, 4.69) is 23.3 Å². The Balaban J connectivity index is 1.61. The second-order valence-corrected chi connectivity index (χ2v) is 7.32. The molecule has 3 aromatic rings. The topological polar surface area (TPSA) is 89.5 Å². The van der Waals surface area contributed by atoms with Gasteiger partial charge in [0.05, 0.1) is 17.3 Å². The maximum atomic E-state index is 12.3. The average Bonchev–Trinajstić information content (AvgIpc) is 3.05. The van der Waals surface area contributed by atoms with Crippen molar-refractivity contribution in [3.63, 3.8) is 0 Å². The summed E-state index contributed by atoms with van der Waals surface area (Å²) in [5.74, 6) is -0.584. The number of fused-ring (bicyclic) bond motifs is 1. The smallest absolute Gasteiger partial charge is 0.279 e. The maximum Gasteiger partial charge on any atom is 0.279 e. The van der Waals surface area contributed by atoms with Gasteiger partial charge in [0.25, 0.3) is 5.91 Å². The number of primary amides is 1. The molecule has 0 aliphatic carbocycles. The Labute approximate surface area is 155 Å². The Morgan fingerprint density at radius 2 is 1.88 bits per heavy atom. The first-order valence-electron chi connectivity index (χ1n) is 8.31. The molecule has 7 heteroatoms. The third-order valence-corrected chi connectivity index (χ3v) is 5.53. The van der Waals surface area contributed by atoms with Gasteiger partial charge in [-0.2, -0.15) is 0 Å². The first-order chi connectivity index (χ1) is 12.4. The molecular weight excluding hydrogens is 348 g/mol. The molecule has 0 radical (unpaired) electrons. The van der Waals surface area contributed by atoms with Gasteiger partial charge in [0.1, 0.15) is 6.04 Å². The fourth-order valence-electron chi connectivity index (χ4n) is 2.62. The van der Waals surface area contributed by atoms with Crippen LogP contribution < -0.4 is 16.0 Å². The van der Waals surface area contributed by atoms with E-state index in [1.54, 1.807) is 35.6 Å². The second kappa shape index (κ2) is 7.63. The molecule has 2 aromatic carbocycles. The number of benzene rings is 2. The number of aromatic nitrogens is 1. The molecule has 3 rings (SSSR count). The number of hydrogen-bond donors (Lipinski definition) is 3. The fraction of sp³-hybridized carbons (Fsp3) is 0.211. The van der Waals surface area contributed by atoms with Gasteiger partial charge in [0, 0.05) is 11.3 Å². The predicted octanol–water partition coefficient (Wildman–Crippen LogP) is 1.61. The summed E-state index contributed by atoms with van der Waals surface area (Å²) in [7, 11) is 1.98. The number of nitrogens with one attached hydrogen (secondary N) is 2. The number of thiazole rings is 1. The minimum Gasteiger partial charge on any atom is -0.366 e. The van der Waals surface area contributed by atoms with E-state index in [4.69, 9.17) is 5.73 Å². The highest BCUT2D eigenvalue weighted by Crippen LogP contribution is 2.24. The number of carbonyl (C=O) groups excluding carboxylic acids is 2. The average molecular weight is 369 g/mol. The highest BCUT2D eigenvalue weighted by molar-refractivity contribution is 7.18. The summed E-state index contributed by atoms with van der Waals surface area (Å²) in [5.41, 5.74) is 7.26. The van der Waals surface area contributed by atoms with E-state index >= 15 is 0 Å². The van der Waals surface area contributed by atoms with E-state index < -0.39 is 5.91 Å². The van der Waals surface area contributed by atoms with Crippen LogP contribution in [0, 0.1) is 0 Å². The van der Waals surface area contributed by atoms with Crippen molar-refractivity contribution in [2.45, 2.75) is 13.0 Å². The Morgan fingerprint density at radius 3 is 2.54 bits per heavy atom. The molecule has 0 saturated heterocycles. The highest BCUT2D eigenvalue weighted by atomic mass is 32.1. The van der Waals surface area contributed by atoms with Crippen LogP contribution in [0.4, 0.5) is 5.69 Å². The molecule has 0 aliphatic rings. The number of para-hydroxylation sites is 1. The molecule has 1 aromatic heterocycles. The Kier molecular flexibility index (Phi) is 5.29. The highest BCUT2D eigenvalue weighted by Gasteiger charge is 2.22. The lowest BCUT2D eigenvalue weighted by molar-refractivity contribution is -0.902. The number of anilines is 1. The van der Waals surface area contributed by atoms with Crippen molar-refractivity contribution in [2.75, 3.05) is 18.9 Å². The minimum atomic E-state index is -0.489. The van der Waals surface area contributed by atoms with Crippen LogP contribution in [0.15, 0.2) is 48.5 Å². The SMILES string of the molecule is C[C@@H](c1nc2ccccc2s1)[NH+](C)CC(=O)Nc1ccc(C(N)=O)cc1. The first kappa shape index (κ1) is 18.0. The first-order valence-corrected chi connectivity index (χ1v) is 9.13. The van der Waals surface area contributed by atoms with Gasteiger partial charge in [-0.15, -0.1) is 11.3 Å². The molecule has 2 amide bonds. The van der Waals surface area contributed by atoms with Crippen LogP contribution in [0.25, 0.3) is 10.2 Å². The number of quaternary nitrogens is 1. The van der Waals surface area contributed by atoms with E-state index in [1.807, 2.05) is 25.2 Å². The van der Waals surface area contributed by atoms with Crippen molar-refractivity contribution >= 4 is 39.1 Å². The van der Waals surface area contributed by atoms with Gasteiger partial charge in [0.15, 0.2) is 11.6 Å². The zero-order valence-corrected chi connectivity index (χ0v) is 15.5. The third-order valence-electron chi connectivity index (χ3n) is 4.31. The zero-order valence-electron chi connectivity index (χ0n) is 14.7. The molecule has 26 heavy (non-hydrogen) atoms. The van der Waals surface area contributed by atoms with Crippen LogP contribution in [0.2, 0.25) is 0 Å². The summed E-state index contributed by atoms with van der Waals surface area (Å²) in [6, 6.07) is 14.7. The van der Waals surface area contributed by atoms with Crippen molar-refractivity contribution in [3.8, 4) is 0 Å². The maximum absolute atomic E-state index is 12.3. The summed E-state index contributed by atoms with van der Waals surface area (Å²) in [5, 5.41) is 3.86. The van der Waals surface area contributed by atoms with Gasteiger partial charge in [-0.3, -0.25) is 9.59 Å². The van der Waals surface area contributed by atoms with Gasteiger partial charge >= 0.3 is 0 Å². The number of carbonyl (C=O) groups is 2. The molecule has 1 unspecified atom stereocenters. The lowest BCUT2D eigenvalue weighted by Crippen LogP contribution is -3.10. The van der Waals surface area contributed by atoms with Gasteiger partial charge in [-0.25, -0.2) is 4.98 Å². The summed E-state index contributed by atoms with van der Waals surface area (Å²) < 4.78 is 1.15. The number of nitrogens with zero attached hydrogens (tertiary/aromatic N) is 1. The van der Waals surface area contributed by atoms with E-state index in [0.29, 0.717) is 17.8 Å². The second-order valence-electron chi connectivity index (χ2n) is 6.25. The van der Waals surface area contributed by atoms with Crippen LogP contribution in [0.3, 0.4) is 0 Å². The Bertz CT molecular complexity index is 903. The van der Waals surface area contributed by atoms with Crippen molar-refractivity contribution in [2.24, 2.45) is 5.73 Å². The number of likely N-dealkylation sites (N-methyl/N-ethyl adjacent to an activating group) is 1. The molecule has 6 nitrogen and oxygen atoms in total. The monoisotopic (exact) mass is 369 g/mol. The molecule has 2 atom stereocenters. The van der Waals surface area contributed by atoms with Crippen LogP contribution in [0.1, 0.15) is 28.3 Å². The Hall–Kier alpha value is -2.77. The van der Waals surface area contributed by atoms with Crippen molar-refractivity contribution in [1.82, 2.24) is 4.98 Å². The third kappa shape index (κ3) is 4.07. The molecule has 0 fully saturated rings. The molecule has 0 saturated carbocycles. The number of nitrogens with two attached hydrogens (primary N) is 1. The summed E-state index contributed by atoms with van der Waals surface area (Å²) in [6.45, 7) is 2.39. The van der Waals surface area contributed by atoms with E-state index in [1.165, 1.54) is 0 Å². The van der Waals surface area contributed by atoms with E-state index in [0.717, 1.165) is 20.1 Å². The van der Waals surface area contributed by atoms with Crippen LogP contribution in [-0.2, 0) is 4.79 Å². The van der Waals surface area contributed by atoms with Crippen LogP contribution in [-0.4, -0.2) is 30.4 Å². The number of hydrogen-bond acceptors (Lipinski definition) is 4. The Morgan fingerprint density at radius 1 is 1.19 bits per heavy atom. The minimum absolute atomic E-state index is 0.0951. The van der Waals surface area contributed by atoms with E-state index in [9.17, 15) is 9.59 Å². The molecule has 134 valence electrons. The van der Waals surface area contributed by atoms with Gasteiger partial charge in [-0.05, 0) is 43.3 Å². The molecule has 1 heterocycles. The molecule has 0 bridgehead atoms. The largest absolute Gasteiger partial charge is 0.366 e.